The number of nitrogens with zero attached hydrogens (tertiary/aromatic N) is 4. The van der Waals surface area contributed by atoms with Crippen molar-refractivity contribution in [1.29, 1.82) is 0 Å². The van der Waals surface area contributed by atoms with Gasteiger partial charge in [-0.05, 0) is 59.4 Å². The van der Waals surface area contributed by atoms with Crippen LogP contribution >= 0.6 is 0 Å². The molecule has 4 heteroatoms. The maximum atomic E-state index is 5.24. The Balaban J connectivity index is 0.00000147. The molecule has 43 heavy (non-hydrogen) atoms. The molecule has 210 valence electrons. The van der Waals surface area contributed by atoms with E-state index in [0.29, 0.717) is 0 Å². The van der Waals surface area contributed by atoms with Gasteiger partial charge in [-0.15, -0.1) is 0 Å². The van der Waals surface area contributed by atoms with Gasteiger partial charge in [-0.3, -0.25) is 14.0 Å². The lowest BCUT2D eigenvalue weighted by molar-refractivity contribution is 1.21. The number of fused-ring (bicyclic) bond motifs is 12. The normalized spacial score (nSPS) is 12.6. The minimum atomic E-state index is 0.913. The first-order chi connectivity index (χ1) is 21.3. The summed E-state index contributed by atoms with van der Waals surface area (Å²) in [5.74, 6) is 0.918. The lowest BCUT2D eigenvalue weighted by Gasteiger charge is -2.12. The highest BCUT2D eigenvalue weighted by molar-refractivity contribution is 6.31. The Labute approximate surface area is 251 Å². The van der Waals surface area contributed by atoms with Crippen molar-refractivity contribution in [3.05, 3.63) is 127 Å². The van der Waals surface area contributed by atoms with Gasteiger partial charge in [-0.1, -0.05) is 106 Å². The van der Waals surface area contributed by atoms with E-state index < -0.39 is 0 Å². The first-order valence-electron chi connectivity index (χ1n) is 15.2. The highest BCUT2D eigenvalue weighted by atomic mass is 15.1. The summed E-state index contributed by atoms with van der Waals surface area (Å²) in [5, 5.41) is 6.01. The van der Waals surface area contributed by atoms with E-state index >= 15 is 0 Å². The van der Waals surface area contributed by atoms with Gasteiger partial charge in [-0.2, -0.15) is 0 Å². The van der Waals surface area contributed by atoms with Crippen LogP contribution in [0.3, 0.4) is 0 Å². The Morgan fingerprint density at radius 1 is 0.651 bits per heavy atom. The first-order valence-corrected chi connectivity index (χ1v) is 15.2. The fraction of sp³-hybridized carbons (Fsp3) is 0.128. The van der Waals surface area contributed by atoms with Crippen LogP contribution in [0, 0.1) is 0 Å². The third kappa shape index (κ3) is 4.05. The van der Waals surface area contributed by atoms with Gasteiger partial charge in [-0.25, -0.2) is 4.98 Å². The number of para-hydroxylation sites is 4. The fourth-order valence-corrected chi connectivity index (χ4v) is 6.52. The number of aromatic nitrogens is 3. The maximum Gasteiger partial charge on any atom is 0.147 e. The largest absolute Gasteiger partial charge is 0.294 e. The van der Waals surface area contributed by atoms with Crippen molar-refractivity contribution in [1.82, 2.24) is 14.0 Å². The number of aliphatic imine (C=N–C) groups is 1. The van der Waals surface area contributed by atoms with E-state index in [0.717, 1.165) is 40.0 Å². The molecule has 0 atom stereocenters. The van der Waals surface area contributed by atoms with E-state index in [2.05, 4.69) is 137 Å². The summed E-state index contributed by atoms with van der Waals surface area (Å²) in [6.45, 7) is 6.20. The second-order valence-corrected chi connectivity index (χ2v) is 10.5. The molecular formula is C39H34N4. The second-order valence-electron chi connectivity index (χ2n) is 10.5. The summed E-state index contributed by atoms with van der Waals surface area (Å²) in [7, 11) is 1.89. The Morgan fingerprint density at radius 3 is 2.05 bits per heavy atom. The van der Waals surface area contributed by atoms with Crippen molar-refractivity contribution in [3.8, 4) is 0 Å². The molecule has 0 aliphatic heterocycles. The Kier molecular flexibility index (Phi) is 6.75. The molecule has 0 spiro atoms. The number of hydrogen-bond donors (Lipinski definition) is 0. The zero-order valence-electron chi connectivity index (χ0n) is 25.0. The van der Waals surface area contributed by atoms with Crippen molar-refractivity contribution in [2.24, 2.45) is 4.99 Å². The van der Waals surface area contributed by atoms with Crippen molar-refractivity contribution in [2.45, 2.75) is 27.2 Å². The van der Waals surface area contributed by atoms with Gasteiger partial charge < -0.3 is 0 Å². The van der Waals surface area contributed by atoms with E-state index in [4.69, 9.17) is 9.98 Å². The average Bonchev–Trinajstić information content (AvgIpc) is 3.63. The summed E-state index contributed by atoms with van der Waals surface area (Å²) in [6, 6.07) is 40.9. The lowest BCUT2D eigenvalue weighted by Crippen LogP contribution is -2.09. The number of benzene rings is 5. The van der Waals surface area contributed by atoms with E-state index in [1.807, 2.05) is 20.9 Å². The molecular weight excluding hydrogens is 524 g/mol. The number of allylic oxidation sites excluding steroid dienone is 2. The first kappa shape index (κ1) is 26.7. The second kappa shape index (κ2) is 10.9. The topological polar surface area (TPSA) is 34.6 Å². The summed E-state index contributed by atoms with van der Waals surface area (Å²) < 4.78 is 4.65. The van der Waals surface area contributed by atoms with E-state index in [1.165, 1.54) is 43.6 Å². The molecule has 0 saturated carbocycles. The van der Waals surface area contributed by atoms with E-state index in [-0.39, 0.29) is 0 Å². The van der Waals surface area contributed by atoms with Crippen molar-refractivity contribution >= 4 is 71.6 Å². The molecule has 0 amide bonds. The van der Waals surface area contributed by atoms with E-state index in [1.54, 1.807) is 0 Å². The van der Waals surface area contributed by atoms with Crippen LogP contribution in [0.2, 0.25) is 0 Å². The van der Waals surface area contributed by atoms with Crippen LogP contribution < -0.4 is 0 Å². The van der Waals surface area contributed by atoms with Crippen LogP contribution in [0.4, 0.5) is 0 Å². The number of imidazole rings is 1. The third-order valence-electron chi connectivity index (χ3n) is 8.35. The van der Waals surface area contributed by atoms with Gasteiger partial charge in [0.15, 0.2) is 0 Å². The molecule has 0 aliphatic carbocycles. The average molecular weight is 559 g/mol. The van der Waals surface area contributed by atoms with Crippen molar-refractivity contribution < 1.29 is 0 Å². The number of pyridine rings is 1. The molecule has 8 aromatic rings. The van der Waals surface area contributed by atoms with Gasteiger partial charge in [0.2, 0.25) is 0 Å². The molecule has 5 aromatic carbocycles. The monoisotopic (exact) mass is 558 g/mol. The van der Waals surface area contributed by atoms with Crippen molar-refractivity contribution in [2.75, 3.05) is 7.05 Å². The minimum absolute atomic E-state index is 0.913. The van der Waals surface area contributed by atoms with Gasteiger partial charge >= 0.3 is 0 Å². The van der Waals surface area contributed by atoms with Gasteiger partial charge in [0.1, 0.15) is 11.5 Å². The van der Waals surface area contributed by atoms with Gasteiger partial charge in [0.05, 0.1) is 27.6 Å². The fourth-order valence-electron chi connectivity index (χ4n) is 6.52. The predicted molar refractivity (Wildman–Crippen MR) is 186 cm³/mol. The Morgan fingerprint density at radius 2 is 1.30 bits per heavy atom. The Bertz CT molecular complexity index is 2350. The Hall–Kier alpha value is -5.22. The highest BCUT2D eigenvalue weighted by Gasteiger charge is 2.21. The SMILES string of the molecule is CC.CC/C(=C\C(=NC)n1c2ccccc2c2c3c(ccc21)c1ccccc1n1c2ccccc2nc31)c1ccccc1. The van der Waals surface area contributed by atoms with Gasteiger partial charge in [0.25, 0.3) is 0 Å². The molecule has 0 radical (unpaired) electrons. The maximum absolute atomic E-state index is 5.24. The highest BCUT2D eigenvalue weighted by Crippen LogP contribution is 2.41. The summed E-state index contributed by atoms with van der Waals surface area (Å²) in [6.07, 6.45) is 3.15. The third-order valence-corrected chi connectivity index (χ3v) is 8.35. The zero-order valence-corrected chi connectivity index (χ0v) is 25.0. The van der Waals surface area contributed by atoms with E-state index in [9.17, 15) is 0 Å². The van der Waals surface area contributed by atoms with Crippen LogP contribution in [-0.2, 0) is 0 Å². The number of hydrogen-bond acceptors (Lipinski definition) is 2. The molecule has 0 aliphatic rings. The van der Waals surface area contributed by atoms with Crippen LogP contribution in [0.1, 0.15) is 32.8 Å². The molecule has 3 heterocycles. The van der Waals surface area contributed by atoms with Crippen LogP contribution in [0.25, 0.3) is 65.7 Å². The van der Waals surface area contributed by atoms with Crippen LogP contribution in [-0.4, -0.2) is 26.8 Å². The molecule has 0 bridgehead atoms. The standard InChI is InChI=1S/C37H28N4.C2H6/c1-3-24(25-13-5-4-6-14-25)23-34(38-2)40-31-19-11-8-16-28(31)35-33(40)22-21-27-26-15-7-10-18-30(26)41-32-20-12-9-17-29(32)39-37(41)36(27)35;1-2/h4-23H,3H2,1-2H3;1-2H3/b24-23+,38-34?;. The molecule has 3 aromatic heterocycles. The minimum Gasteiger partial charge on any atom is -0.294 e. The van der Waals surface area contributed by atoms with Crippen molar-refractivity contribution in [3.63, 3.8) is 0 Å². The van der Waals surface area contributed by atoms with Gasteiger partial charge in [0, 0.05) is 28.6 Å². The quantitative estimate of drug-likeness (QED) is 0.121. The molecule has 8 rings (SSSR count). The lowest BCUT2D eigenvalue weighted by atomic mass is 10.0. The molecule has 0 fully saturated rings. The summed E-state index contributed by atoms with van der Waals surface area (Å²) in [5.41, 5.74) is 9.01. The van der Waals surface area contributed by atoms with Crippen LogP contribution in [0.15, 0.2) is 126 Å². The molecule has 0 N–H and O–H groups in total. The predicted octanol–water partition coefficient (Wildman–Crippen LogP) is 10.3. The number of rotatable bonds is 3. The molecule has 4 nitrogen and oxygen atoms in total. The molecule has 0 unspecified atom stereocenters. The summed E-state index contributed by atoms with van der Waals surface area (Å²) >= 11 is 0. The molecule has 0 saturated heterocycles. The zero-order chi connectivity index (χ0) is 29.5. The van der Waals surface area contributed by atoms with Crippen LogP contribution in [0.5, 0.6) is 0 Å². The summed E-state index contributed by atoms with van der Waals surface area (Å²) in [4.78, 5) is 10.1. The smallest absolute Gasteiger partial charge is 0.147 e.